The number of ether oxygens (including phenoxy) is 3. The fraction of sp³-hybridized carbons (Fsp3) is 0.940. The highest BCUT2D eigenvalue weighted by molar-refractivity contribution is 5.71. The molecule has 0 bridgehead atoms. The van der Waals surface area contributed by atoms with Crippen molar-refractivity contribution in [1.82, 2.24) is 0 Å². The number of carbonyl (C=O) groups is 3. The van der Waals surface area contributed by atoms with E-state index < -0.39 is 6.10 Å². The molecule has 0 fully saturated rings. The van der Waals surface area contributed by atoms with Gasteiger partial charge in [0.05, 0.1) is 0 Å². The lowest BCUT2D eigenvalue weighted by Gasteiger charge is -2.18. The van der Waals surface area contributed by atoms with Crippen LogP contribution in [0.2, 0.25) is 0 Å². The number of hydrogen-bond donors (Lipinski definition) is 0. The van der Waals surface area contributed by atoms with Crippen molar-refractivity contribution in [2.24, 2.45) is 11.8 Å². The van der Waals surface area contributed by atoms with Crippen LogP contribution in [0.3, 0.4) is 0 Å². The number of carbonyl (C=O) groups excluding carboxylic acids is 3. The Morgan fingerprint density at radius 3 is 1.02 bits per heavy atom. The molecule has 6 heteroatoms. The Morgan fingerprint density at radius 2 is 0.679 bits per heavy atom. The van der Waals surface area contributed by atoms with E-state index in [9.17, 15) is 14.4 Å². The highest BCUT2D eigenvalue weighted by atomic mass is 16.6. The fourth-order valence-corrected chi connectivity index (χ4v) is 7.43. The van der Waals surface area contributed by atoms with Crippen molar-refractivity contribution in [2.45, 2.75) is 278 Å². The van der Waals surface area contributed by atoms with Crippen molar-refractivity contribution in [3.05, 3.63) is 0 Å². The zero-order valence-corrected chi connectivity index (χ0v) is 38.3. The molecule has 6 nitrogen and oxygen atoms in total. The molecule has 2 atom stereocenters. The van der Waals surface area contributed by atoms with Gasteiger partial charge in [0.25, 0.3) is 0 Å². The largest absolute Gasteiger partial charge is 0.462 e. The van der Waals surface area contributed by atoms with Gasteiger partial charge in [-0.15, -0.1) is 0 Å². The van der Waals surface area contributed by atoms with Gasteiger partial charge in [0.2, 0.25) is 0 Å². The van der Waals surface area contributed by atoms with Crippen molar-refractivity contribution in [3.63, 3.8) is 0 Å². The highest BCUT2D eigenvalue weighted by Crippen LogP contribution is 2.17. The van der Waals surface area contributed by atoms with Crippen LogP contribution in [0.4, 0.5) is 0 Å². The van der Waals surface area contributed by atoms with Gasteiger partial charge in [-0.1, -0.05) is 234 Å². The predicted molar refractivity (Wildman–Crippen MR) is 238 cm³/mol. The lowest BCUT2D eigenvalue weighted by Crippen LogP contribution is -2.30. The third-order valence-electron chi connectivity index (χ3n) is 11.6. The Balaban J connectivity index is 4.24. The Morgan fingerprint density at radius 1 is 0.375 bits per heavy atom. The van der Waals surface area contributed by atoms with Gasteiger partial charge in [-0.2, -0.15) is 0 Å². The fourth-order valence-electron chi connectivity index (χ4n) is 7.43. The van der Waals surface area contributed by atoms with E-state index in [0.717, 1.165) is 69.6 Å². The van der Waals surface area contributed by atoms with Gasteiger partial charge < -0.3 is 14.2 Å². The standard InChI is InChI=1S/C50H96O6/c1-6-8-9-10-11-12-13-14-15-16-17-18-19-20-21-24-30-35-40-48(51)54-43-47(56-50(53)42-37-32-25-22-23-28-33-38-45(3)4)44-55-49(52)41-36-31-27-26-29-34-39-46(5)7-2/h45-47H,6-44H2,1-5H3/t46?,47-/m1/s1. The average molecular weight is 793 g/mol. The first-order chi connectivity index (χ1) is 27.3. The van der Waals surface area contributed by atoms with Crippen LogP contribution in [-0.4, -0.2) is 37.2 Å². The molecule has 0 rings (SSSR count). The number of hydrogen-bond acceptors (Lipinski definition) is 6. The van der Waals surface area contributed by atoms with Gasteiger partial charge in [0.15, 0.2) is 6.10 Å². The van der Waals surface area contributed by atoms with Crippen molar-refractivity contribution >= 4 is 17.9 Å². The molecule has 0 amide bonds. The summed E-state index contributed by atoms with van der Waals surface area (Å²) >= 11 is 0. The molecule has 0 spiro atoms. The average Bonchev–Trinajstić information content (AvgIpc) is 3.18. The summed E-state index contributed by atoms with van der Waals surface area (Å²) in [5.41, 5.74) is 0. The van der Waals surface area contributed by atoms with E-state index in [1.54, 1.807) is 0 Å². The molecule has 0 aromatic carbocycles. The molecule has 0 N–H and O–H groups in total. The lowest BCUT2D eigenvalue weighted by atomic mass is 10.00. The van der Waals surface area contributed by atoms with E-state index in [1.807, 2.05) is 0 Å². The quantitative estimate of drug-likeness (QED) is 0.0347. The molecule has 332 valence electrons. The third kappa shape index (κ3) is 42.0. The SMILES string of the molecule is CCCCCCCCCCCCCCCCCCCCC(=O)OC[C@H](COC(=O)CCCCCCCCC(C)CC)OC(=O)CCCCCCCCCC(C)C. The number of unbranched alkanes of at least 4 members (excludes halogenated alkanes) is 28. The minimum absolute atomic E-state index is 0.0655. The molecule has 0 aliphatic carbocycles. The Kier molecular flexibility index (Phi) is 41.8. The molecular formula is C50H96O6. The molecule has 0 saturated heterocycles. The van der Waals surface area contributed by atoms with Crippen LogP contribution in [0.25, 0.3) is 0 Å². The van der Waals surface area contributed by atoms with Crippen LogP contribution in [0.15, 0.2) is 0 Å². The van der Waals surface area contributed by atoms with Crippen LogP contribution in [0.1, 0.15) is 272 Å². The summed E-state index contributed by atoms with van der Waals surface area (Å²) in [4.78, 5) is 37.8. The van der Waals surface area contributed by atoms with Crippen molar-refractivity contribution < 1.29 is 28.6 Å². The van der Waals surface area contributed by atoms with Crippen LogP contribution < -0.4 is 0 Å². The Labute approximate surface area is 348 Å². The maximum Gasteiger partial charge on any atom is 0.306 e. The molecule has 0 heterocycles. The van der Waals surface area contributed by atoms with E-state index in [-0.39, 0.29) is 31.1 Å². The second kappa shape index (κ2) is 43.0. The van der Waals surface area contributed by atoms with E-state index >= 15 is 0 Å². The molecule has 0 aliphatic heterocycles. The summed E-state index contributed by atoms with van der Waals surface area (Å²) in [6, 6.07) is 0. The number of rotatable bonds is 44. The second-order valence-electron chi connectivity index (χ2n) is 17.8. The first-order valence-corrected chi connectivity index (χ1v) is 24.8. The van der Waals surface area contributed by atoms with Crippen molar-refractivity contribution in [1.29, 1.82) is 0 Å². The molecule has 56 heavy (non-hydrogen) atoms. The molecule has 1 unspecified atom stereocenters. The van der Waals surface area contributed by atoms with Crippen molar-refractivity contribution in [2.75, 3.05) is 13.2 Å². The minimum atomic E-state index is -0.762. The minimum Gasteiger partial charge on any atom is -0.462 e. The maximum absolute atomic E-state index is 12.7. The van der Waals surface area contributed by atoms with Gasteiger partial charge in [0.1, 0.15) is 13.2 Å². The van der Waals surface area contributed by atoms with E-state index in [2.05, 4.69) is 34.6 Å². The number of esters is 3. The van der Waals surface area contributed by atoms with Crippen molar-refractivity contribution in [3.8, 4) is 0 Å². The topological polar surface area (TPSA) is 78.9 Å². The third-order valence-corrected chi connectivity index (χ3v) is 11.6. The van der Waals surface area contributed by atoms with Crippen LogP contribution in [-0.2, 0) is 28.6 Å². The molecule has 0 saturated carbocycles. The zero-order chi connectivity index (χ0) is 41.2. The van der Waals surface area contributed by atoms with E-state index in [1.165, 1.54) is 161 Å². The van der Waals surface area contributed by atoms with Gasteiger partial charge in [0, 0.05) is 19.3 Å². The normalized spacial score (nSPS) is 12.5. The first kappa shape index (κ1) is 54.4. The Bertz CT molecular complexity index is 856. The lowest BCUT2D eigenvalue weighted by molar-refractivity contribution is -0.167. The predicted octanol–water partition coefficient (Wildman–Crippen LogP) is 15.8. The Hall–Kier alpha value is -1.59. The zero-order valence-electron chi connectivity index (χ0n) is 38.3. The highest BCUT2D eigenvalue weighted by Gasteiger charge is 2.19. The first-order valence-electron chi connectivity index (χ1n) is 24.8. The van der Waals surface area contributed by atoms with Gasteiger partial charge in [-0.05, 0) is 31.1 Å². The molecular weight excluding hydrogens is 697 g/mol. The molecule has 0 radical (unpaired) electrons. The summed E-state index contributed by atoms with van der Waals surface area (Å²) in [6.45, 7) is 11.3. The maximum atomic E-state index is 12.7. The van der Waals surface area contributed by atoms with Crippen LogP contribution in [0, 0.1) is 11.8 Å². The second-order valence-corrected chi connectivity index (χ2v) is 17.8. The monoisotopic (exact) mass is 793 g/mol. The van der Waals surface area contributed by atoms with E-state index in [4.69, 9.17) is 14.2 Å². The summed E-state index contributed by atoms with van der Waals surface area (Å²) in [6.07, 6.45) is 42.5. The molecule has 0 aromatic heterocycles. The van der Waals surface area contributed by atoms with Crippen LogP contribution >= 0.6 is 0 Å². The summed E-state index contributed by atoms with van der Waals surface area (Å²) in [5.74, 6) is 0.733. The smallest absolute Gasteiger partial charge is 0.306 e. The van der Waals surface area contributed by atoms with Gasteiger partial charge in [-0.3, -0.25) is 14.4 Å². The van der Waals surface area contributed by atoms with Gasteiger partial charge >= 0.3 is 17.9 Å². The molecule has 0 aliphatic rings. The summed E-state index contributed by atoms with van der Waals surface area (Å²) in [5, 5.41) is 0. The van der Waals surface area contributed by atoms with Crippen LogP contribution in [0.5, 0.6) is 0 Å². The summed E-state index contributed by atoms with van der Waals surface area (Å²) < 4.78 is 16.7. The van der Waals surface area contributed by atoms with Gasteiger partial charge in [-0.25, -0.2) is 0 Å². The van der Waals surface area contributed by atoms with E-state index in [0.29, 0.717) is 19.3 Å². The summed E-state index contributed by atoms with van der Waals surface area (Å²) in [7, 11) is 0. The molecule has 0 aromatic rings.